The molecule has 0 saturated heterocycles. The summed E-state index contributed by atoms with van der Waals surface area (Å²) in [4.78, 5) is 16.5. The number of benzene rings is 1. The van der Waals surface area contributed by atoms with Crippen LogP contribution >= 0.6 is 11.3 Å². The molecule has 2 aromatic heterocycles. The van der Waals surface area contributed by atoms with Gasteiger partial charge in [-0.3, -0.25) is 4.79 Å². The summed E-state index contributed by atoms with van der Waals surface area (Å²) in [6.45, 7) is 6.76. The van der Waals surface area contributed by atoms with E-state index in [1.54, 1.807) is 6.33 Å². The van der Waals surface area contributed by atoms with Gasteiger partial charge in [0.25, 0.3) is 0 Å². The summed E-state index contributed by atoms with van der Waals surface area (Å²) < 4.78 is 2.01. The number of hydrogen-bond acceptors (Lipinski definition) is 5. The first-order chi connectivity index (χ1) is 11.1. The lowest BCUT2D eigenvalue weighted by atomic mass is 10.1. The number of aryl methyl sites for hydroxylation is 4. The molecule has 6 nitrogen and oxygen atoms in total. The van der Waals surface area contributed by atoms with Gasteiger partial charge in [0.15, 0.2) is 0 Å². The molecule has 1 amide bonds. The molecule has 0 aliphatic rings. The maximum Gasteiger partial charge on any atom is 0.227 e. The second-order valence-electron chi connectivity index (χ2n) is 5.52. The summed E-state index contributed by atoms with van der Waals surface area (Å²) in [5.41, 5.74) is 4.48. The molecule has 0 spiro atoms. The topological polar surface area (TPSA) is 72.7 Å². The van der Waals surface area contributed by atoms with Crippen LogP contribution < -0.4 is 5.32 Å². The summed E-state index contributed by atoms with van der Waals surface area (Å²) in [5, 5.41) is 12.2. The third-order valence-corrected chi connectivity index (χ3v) is 4.81. The van der Waals surface area contributed by atoms with Crippen LogP contribution in [0.5, 0.6) is 0 Å². The minimum atomic E-state index is -0.0607. The predicted molar refractivity (Wildman–Crippen MR) is 91.7 cm³/mol. The predicted octanol–water partition coefficient (Wildman–Crippen LogP) is 3.10. The van der Waals surface area contributed by atoms with Crippen molar-refractivity contribution in [2.24, 2.45) is 0 Å². The van der Waals surface area contributed by atoms with Gasteiger partial charge in [0, 0.05) is 13.0 Å². The number of aromatic nitrogens is 4. The molecule has 7 heteroatoms. The summed E-state index contributed by atoms with van der Waals surface area (Å²) in [7, 11) is 0. The second-order valence-corrected chi connectivity index (χ2v) is 6.58. The highest BCUT2D eigenvalue weighted by Gasteiger charge is 2.09. The number of imidazole rings is 1. The van der Waals surface area contributed by atoms with Gasteiger partial charge in [-0.15, -0.1) is 10.2 Å². The van der Waals surface area contributed by atoms with Gasteiger partial charge >= 0.3 is 0 Å². The van der Waals surface area contributed by atoms with Crippen molar-refractivity contribution in [2.75, 3.05) is 5.32 Å². The van der Waals surface area contributed by atoms with Crippen molar-refractivity contribution in [1.29, 1.82) is 0 Å². The largest absolute Gasteiger partial charge is 0.330 e. The van der Waals surface area contributed by atoms with Gasteiger partial charge in [0.2, 0.25) is 11.0 Å². The average molecular weight is 329 g/mol. The first kappa shape index (κ1) is 15.6. The minimum absolute atomic E-state index is 0.0607. The van der Waals surface area contributed by atoms with Crippen LogP contribution in [-0.4, -0.2) is 25.7 Å². The Morgan fingerprint density at radius 1 is 1.26 bits per heavy atom. The lowest BCUT2D eigenvalue weighted by Crippen LogP contribution is -2.14. The van der Waals surface area contributed by atoms with Gasteiger partial charge in [0.1, 0.15) is 5.01 Å². The Bertz CT molecular complexity index is 851. The zero-order valence-electron chi connectivity index (χ0n) is 13.5. The van der Waals surface area contributed by atoms with Crippen molar-refractivity contribution in [3.8, 4) is 0 Å². The molecular formula is C16H19N5OS. The van der Waals surface area contributed by atoms with Crippen LogP contribution in [0.2, 0.25) is 0 Å². The summed E-state index contributed by atoms with van der Waals surface area (Å²) in [6, 6.07) is 4.20. The highest BCUT2D eigenvalue weighted by Crippen LogP contribution is 2.19. The normalized spacial score (nSPS) is 11.1. The van der Waals surface area contributed by atoms with Crippen LogP contribution in [0.15, 0.2) is 18.5 Å². The van der Waals surface area contributed by atoms with E-state index in [2.05, 4.69) is 46.5 Å². The Morgan fingerprint density at radius 3 is 2.78 bits per heavy atom. The van der Waals surface area contributed by atoms with E-state index in [1.807, 2.05) is 11.5 Å². The first-order valence-electron chi connectivity index (χ1n) is 7.61. The Kier molecular flexibility index (Phi) is 4.38. The fourth-order valence-electron chi connectivity index (χ4n) is 2.34. The molecular weight excluding hydrogens is 310 g/mol. The van der Waals surface area contributed by atoms with Gasteiger partial charge in [-0.1, -0.05) is 18.3 Å². The molecule has 2 heterocycles. The molecule has 0 bridgehead atoms. The number of nitrogens with one attached hydrogen (secondary N) is 1. The number of hydrogen-bond donors (Lipinski definition) is 1. The van der Waals surface area contributed by atoms with E-state index in [4.69, 9.17) is 0 Å². The first-order valence-corrected chi connectivity index (χ1v) is 8.42. The number of anilines is 1. The lowest BCUT2D eigenvalue weighted by Gasteiger charge is -2.06. The Hall–Kier alpha value is -2.28. The number of amides is 1. The van der Waals surface area contributed by atoms with E-state index in [9.17, 15) is 4.79 Å². The van der Waals surface area contributed by atoms with Crippen molar-refractivity contribution in [1.82, 2.24) is 19.7 Å². The minimum Gasteiger partial charge on any atom is -0.330 e. The van der Waals surface area contributed by atoms with Crippen molar-refractivity contribution < 1.29 is 4.79 Å². The fourth-order valence-corrected chi connectivity index (χ4v) is 3.04. The van der Waals surface area contributed by atoms with E-state index >= 15 is 0 Å². The van der Waals surface area contributed by atoms with Gasteiger partial charge in [-0.25, -0.2) is 4.98 Å². The fraction of sp³-hybridized carbons (Fsp3) is 0.375. The number of carbonyl (C=O) groups is 1. The smallest absolute Gasteiger partial charge is 0.227 e. The molecule has 0 unspecified atom stereocenters. The van der Waals surface area contributed by atoms with E-state index in [-0.39, 0.29) is 5.91 Å². The van der Waals surface area contributed by atoms with E-state index < -0.39 is 0 Å². The molecule has 0 aliphatic heterocycles. The van der Waals surface area contributed by atoms with Crippen LogP contribution in [0.1, 0.15) is 29.5 Å². The van der Waals surface area contributed by atoms with Gasteiger partial charge in [-0.2, -0.15) is 0 Å². The molecule has 0 fully saturated rings. The Labute approximate surface area is 138 Å². The van der Waals surface area contributed by atoms with E-state index in [0.29, 0.717) is 18.1 Å². The molecule has 3 rings (SSSR count). The van der Waals surface area contributed by atoms with Crippen molar-refractivity contribution in [3.63, 3.8) is 0 Å². The molecule has 3 aromatic rings. The highest BCUT2D eigenvalue weighted by atomic mass is 32.1. The molecule has 0 atom stereocenters. The maximum atomic E-state index is 12.1. The number of fused-ring (bicyclic) bond motifs is 1. The third kappa shape index (κ3) is 3.39. The summed E-state index contributed by atoms with van der Waals surface area (Å²) in [5.74, 6) is -0.0607. The summed E-state index contributed by atoms with van der Waals surface area (Å²) in [6.07, 6.45) is 2.99. The summed E-state index contributed by atoms with van der Waals surface area (Å²) >= 11 is 1.42. The van der Waals surface area contributed by atoms with Crippen LogP contribution in [-0.2, 0) is 17.8 Å². The molecule has 0 saturated carbocycles. The molecule has 1 N–H and O–H groups in total. The average Bonchev–Trinajstić information content (AvgIpc) is 3.13. The zero-order chi connectivity index (χ0) is 16.4. The molecule has 1 aromatic carbocycles. The quantitative estimate of drug-likeness (QED) is 0.780. The van der Waals surface area contributed by atoms with Crippen LogP contribution in [0.25, 0.3) is 11.0 Å². The Morgan fingerprint density at radius 2 is 2.04 bits per heavy atom. The van der Waals surface area contributed by atoms with Crippen molar-refractivity contribution in [2.45, 2.75) is 40.2 Å². The molecule has 0 aliphatic carbocycles. The van der Waals surface area contributed by atoms with Crippen LogP contribution in [0.4, 0.5) is 5.13 Å². The van der Waals surface area contributed by atoms with E-state index in [0.717, 1.165) is 22.5 Å². The number of rotatable bonds is 5. The van der Waals surface area contributed by atoms with Gasteiger partial charge < -0.3 is 9.88 Å². The zero-order valence-corrected chi connectivity index (χ0v) is 14.3. The molecule has 23 heavy (non-hydrogen) atoms. The highest BCUT2D eigenvalue weighted by molar-refractivity contribution is 7.15. The number of nitrogens with zero attached hydrogens (tertiary/aromatic N) is 4. The standard InChI is InChI=1S/C16H19N5OS/c1-4-15-19-20-16(23-15)18-14(22)5-6-21-9-17-12-7-10(2)11(3)8-13(12)21/h7-9H,4-6H2,1-3H3,(H,18,20,22). The third-order valence-electron chi connectivity index (χ3n) is 3.83. The second kappa shape index (κ2) is 6.45. The van der Waals surface area contributed by atoms with Crippen molar-refractivity contribution in [3.05, 3.63) is 34.6 Å². The SMILES string of the molecule is CCc1nnc(NC(=O)CCn2cnc3cc(C)c(C)cc32)s1. The number of carbonyl (C=O) groups excluding carboxylic acids is 1. The van der Waals surface area contributed by atoms with Crippen LogP contribution in [0.3, 0.4) is 0 Å². The maximum absolute atomic E-state index is 12.1. The Balaban J connectivity index is 1.66. The van der Waals surface area contributed by atoms with Gasteiger partial charge in [-0.05, 0) is 43.5 Å². The van der Waals surface area contributed by atoms with Crippen LogP contribution in [0, 0.1) is 13.8 Å². The van der Waals surface area contributed by atoms with Crippen molar-refractivity contribution >= 4 is 33.4 Å². The lowest BCUT2D eigenvalue weighted by molar-refractivity contribution is -0.116. The molecule has 0 radical (unpaired) electrons. The van der Waals surface area contributed by atoms with Gasteiger partial charge in [0.05, 0.1) is 17.4 Å². The monoisotopic (exact) mass is 329 g/mol. The molecule has 120 valence electrons. The van der Waals surface area contributed by atoms with E-state index in [1.165, 1.54) is 22.5 Å².